The number of Topliss-reactive ketones (excluding diaryl/α,β-unsaturated/α-hetero) is 1. The van der Waals surface area contributed by atoms with Gasteiger partial charge in [-0.2, -0.15) is 0 Å². The minimum atomic E-state index is -0.472. The predicted octanol–water partition coefficient (Wildman–Crippen LogP) is 3.95. The maximum absolute atomic E-state index is 12.8. The average Bonchev–Trinajstić information content (AvgIpc) is 2.60. The maximum Gasteiger partial charge on any atom is 0.310 e. The fourth-order valence-electron chi connectivity index (χ4n) is 2.43. The molecule has 120 valence electrons. The van der Waals surface area contributed by atoms with E-state index in [1.807, 2.05) is 42.5 Å². The van der Waals surface area contributed by atoms with Crippen molar-refractivity contribution in [3.05, 3.63) is 83.7 Å². The molecule has 0 aliphatic rings. The molecule has 0 amide bonds. The Labute approximate surface area is 138 Å². The lowest BCUT2D eigenvalue weighted by Crippen LogP contribution is -2.15. The molecule has 3 nitrogen and oxygen atoms in total. The average molecular weight is 322 g/mol. The first-order valence-corrected chi connectivity index (χ1v) is 7.54. The summed E-state index contributed by atoms with van der Waals surface area (Å²) in [5.74, 6) is -1.25. The van der Waals surface area contributed by atoms with E-state index in [1.165, 1.54) is 24.3 Å². The Morgan fingerprint density at radius 1 is 0.875 bits per heavy atom. The molecule has 0 atom stereocenters. The van der Waals surface area contributed by atoms with E-state index in [1.54, 1.807) is 0 Å². The van der Waals surface area contributed by atoms with Crippen LogP contribution in [0.15, 0.2) is 66.7 Å². The molecular weight excluding hydrogens is 307 g/mol. The Morgan fingerprint density at radius 3 is 2.33 bits per heavy atom. The standard InChI is InChI=1S/C20H15FO3/c21-18-9-7-16(8-10-18)19(22)13-24-20(23)12-14-5-6-15-3-1-2-4-17(15)11-14/h1-11H,12-13H2. The topological polar surface area (TPSA) is 43.4 Å². The van der Waals surface area contributed by atoms with Crippen molar-refractivity contribution in [1.82, 2.24) is 0 Å². The number of ether oxygens (including phenoxy) is 1. The summed E-state index contributed by atoms with van der Waals surface area (Å²) < 4.78 is 17.8. The molecule has 0 radical (unpaired) electrons. The molecule has 0 aliphatic carbocycles. The molecule has 4 heteroatoms. The molecule has 0 heterocycles. The van der Waals surface area contributed by atoms with Crippen molar-refractivity contribution in [3.63, 3.8) is 0 Å². The van der Waals surface area contributed by atoms with E-state index in [-0.39, 0.29) is 18.8 Å². The summed E-state index contributed by atoms with van der Waals surface area (Å²) in [5, 5.41) is 2.14. The van der Waals surface area contributed by atoms with Gasteiger partial charge in [0.15, 0.2) is 12.4 Å². The summed E-state index contributed by atoms with van der Waals surface area (Å²) in [6.45, 7) is -0.349. The molecule has 3 aromatic carbocycles. The van der Waals surface area contributed by atoms with Gasteiger partial charge in [-0.3, -0.25) is 9.59 Å². The second-order valence-corrected chi connectivity index (χ2v) is 5.45. The number of fused-ring (bicyclic) bond motifs is 1. The number of carbonyl (C=O) groups excluding carboxylic acids is 2. The van der Waals surface area contributed by atoms with Crippen molar-refractivity contribution >= 4 is 22.5 Å². The predicted molar refractivity (Wildman–Crippen MR) is 89.3 cm³/mol. The molecule has 0 unspecified atom stereocenters. The Kier molecular flexibility index (Phi) is 4.66. The van der Waals surface area contributed by atoms with E-state index in [9.17, 15) is 14.0 Å². The van der Waals surface area contributed by atoms with Gasteiger partial charge in [0, 0.05) is 5.56 Å². The van der Waals surface area contributed by atoms with Crippen LogP contribution in [0, 0.1) is 5.82 Å². The number of ketones is 1. The second-order valence-electron chi connectivity index (χ2n) is 5.45. The van der Waals surface area contributed by atoms with Gasteiger partial charge in [0.25, 0.3) is 0 Å². The minimum absolute atomic E-state index is 0.0987. The summed E-state index contributed by atoms with van der Waals surface area (Å²) in [5.41, 5.74) is 1.14. The molecule has 3 aromatic rings. The quantitative estimate of drug-likeness (QED) is 0.528. The Morgan fingerprint density at radius 2 is 1.58 bits per heavy atom. The smallest absolute Gasteiger partial charge is 0.310 e. The van der Waals surface area contributed by atoms with Gasteiger partial charge in [-0.05, 0) is 40.6 Å². The Hall–Kier alpha value is -3.01. The highest BCUT2D eigenvalue weighted by molar-refractivity contribution is 5.98. The molecule has 0 spiro atoms. The zero-order valence-corrected chi connectivity index (χ0v) is 12.9. The van der Waals surface area contributed by atoms with Crippen molar-refractivity contribution < 1.29 is 18.7 Å². The zero-order chi connectivity index (χ0) is 16.9. The summed E-state index contributed by atoms with van der Waals surface area (Å²) in [6.07, 6.45) is 0.0987. The number of halogens is 1. The second kappa shape index (κ2) is 7.04. The summed E-state index contributed by atoms with van der Waals surface area (Å²) in [7, 11) is 0. The lowest BCUT2D eigenvalue weighted by molar-refractivity contribution is -0.141. The first-order chi connectivity index (χ1) is 11.6. The van der Waals surface area contributed by atoms with Crippen LogP contribution in [-0.2, 0) is 16.0 Å². The molecule has 0 fully saturated rings. The van der Waals surface area contributed by atoms with Crippen LogP contribution in [0.1, 0.15) is 15.9 Å². The van der Waals surface area contributed by atoms with E-state index >= 15 is 0 Å². The molecule has 0 N–H and O–H groups in total. The first-order valence-electron chi connectivity index (χ1n) is 7.54. The molecule has 0 saturated heterocycles. The van der Waals surface area contributed by atoms with Crippen LogP contribution in [-0.4, -0.2) is 18.4 Å². The Balaban J connectivity index is 1.58. The van der Waals surface area contributed by atoms with Gasteiger partial charge in [0.05, 0.1) is 6.42 Å². The van der Waals surface area contributed by atoms with Crippen LogP contribution in [0.4, 0.5) is 4.39 Å². The van der Waals surface area contributed by atoms with E-state index in [0.717, 1.165) is 16.3 Å². The number of hydrogen-bond donors (Lipinski definition) is 0. The maximum atomic E-state index is 12.8. The fraction of sp³-hybridized carbons (Fsp3) is 0.100. The lowest BCUT2D eigenvalue weighted by atomic mass is 10.1. The van der Waals surface area contributed by atoms with Crippen molar-refractivity contribution in [2.24, 2.45) is 0 Å². The van der Waals surface area contributed by atoms with Crippen LogP contribution in [0.2, 0.25) is 0 Å². The Bertz CT molecular complexity index is 885. The van der Waals surface area contributed by atoms with Gasteiger partial charge in [-0.15, -0.1) is 0 Å². The molecule has 24 heavy (non-hydrogen) atoms. The summed E-state index contributed by atoms with van der Waals surface area (Å²) >= 11 is 0. The third-order valence-electron chi connectivity index (χ3n) is 3.69. The number of esters is 1. The third kappa shape index (κ3) is 3.84. The summed E-state index contributed by atoms with van der Waals surface area (Å²) in [4.78, 5) is 23.8. The molecule has 0 saturated carbocycles. The van der Waals surface area contributed by atoms with Gasteiger partial charge in [0.1, 0.15) is 5.82 Å². The van der Waals surface area contributed by atoms with Crippen LogP contribution in [0.25, 0.3) is 10.8 Å². The van der Waals surface area contributed by atoms with Gasteiger partial charge >= 0.3 is 5.97 Å². The van der Waals surface area contributed by atoms with E-state index in [4.69, 9.17) is 4.74 Å². The largest absolute Gasteiger partial charge is 0.457 e. The van der Waals surface area contributed by atoms with Crippen molar-refractivity contribution in [1.29, 1.82) is 0 Å². The van der Waals surface area contributed by atoms with E-state index < -0.39 is 11.8 Å². The number of rotatable bonds is 5. The lowest BCUT2D eigenvalue weighted by Gasteiger charge is -2.06. The number of hydrogen-bond acceptors (Lipinski definition) is 3. The van der Waals surface area contributed by atoms with Gasteiger partial charge in [-0.1, -0.05) is 42.5 Å². The van der Waals surface area contributed by atoms with Crippen LogP contribution in [0.3, 0.4) is 0 Å². The molecule has 0 bridgehead atoms. The van der Waals surface area contributed by atoms with Crippen molar-refractivity contribution in [3.8, 4) is 0 Å². The SMILES string of the molecule is O=C(Cc1ccc2ccccc2c1)OCC(=O)c1ccc(F)cc1. The fourth-order valence-corrected chi connectivity index (χ4v) is 2.43. The normalized spacial score (nSPS) is 10.5. The van der Waals surface area contributed by atoms with Crippen molar-refractivity contribution in [2.45, 2.75) is 6.42 Å². The van der Waals surface area contributed by atoms with Crippen LogP contribution < -0.4 is 0 Å². The van der Waals surface area contributed by atoms with Gasteiger partial charge in [0.2, 0.25) is 0 Å². The molecule has 0 aromatic heterocycles. The highest BCUT2D eigenvalue weighted by atomic mass is 19.1. The third-order valence-corrected chi connectivity index (χ3v) is 3.69. The summed E-state index contributed by atoms with van der Waals surface area (Å²) in [6, 6.07) is 18.7. The highest BCUT2D eigenvalue weighted by Crippen LogP contribution is 2.16. The first kappa shape index (κ1) is 15.9. The molecule has 3 rings (SSSR count). The zero-order valence-electron chi connectivity index (χ0n) is 12.9. The molecular formula is C20H15FO3. The van der Waals surface area contributed by atoms with E-state index in [0.29, 0.717) is 5.56 Å². The monoisotopic (exact) mass is 322 g/mol. The van der Waals surface area contributed by atoms with Crippen LogP contribution >= 0.6 is 0 Å². The highest BCUT2D eigenvalue weighted by Gasteiger charge is 2.11. The minimum Gasteiger partial charge on any atom is -0.457 e. The van der Waals surface area contributed by atoms with Crippen molar-refractivity contribution in [2.75, 3.05) is 6.61 Å². The number of benzene rings is 3. The van der Waals surface area contributed by atoms with E-state index in [2.05, 4.69) is 0 Å². The van der Waals surface area contributed by atoms with Gasteiger partial charge < -0.3 is 4.74 Å². The van der Waals surface area contributed by atoms with Crippen LogP contribution in [0.5, 0.6) is 0 Å². The molecule has 0 aliphatic heterocycles. The van der Waals surface area contributed by atoms with Gasteiger partial charge in [-0.25, -0.2) is 4.39 Å². The number of carbonyl (C=O) groups is 2.